The number of Topliss-reactive ketones (excluding diaryl/α,β-unsaturated/α-hetero) is 1. The van der Waals surface area contributed by atoms with Crippen LogP contribution < -0.4 is 10.4 Å². The predicted molar refractivity (Wildman–Crippen MR) is 117 cm³/mol. The molecule has 3 atom stereocenters. The first-order valence-corrected chi connectivity index (χ1v) is 12.3. The highest BCUT2D eigenvalue weighted by molar-refractivity contribution is 6.99. The highest BCUT2D eigenvalue weighted by atomic mass is 28.4. The molecule has 0 spiro atoms. The van der Waals surface area contributed by atoms with Crippen molar-refractivity contribution >= 4 is 24.5 Å². The number of hydrogen-bond acceptors (Lipinski definition) is 3. The van der Waals surface area contributed by atoms with E-state index in [1.807, 2.05) is 0 Å². The summed E-state index contributed by atoms with van der Waals surface area (Å²) >= 11 is 0. The minimum absolute atomic E-state index is 0.00542. The van der Waals surface area contributed by atoms with E-state index in [2.05, 4.69) is 86.3 Å². The maximum absolute atomic E-state index is 12.1. The molecular weight excluding hydrogens is 362 g/mol. The minimum Gasteiger partial charge on any atom is -0.406 e. The first-order valence-electron chi connectivity index (χ1n) is 10.4. The van der Waals surface area contributed by atoms with Gasteiger partial charge in [-0.25, -0.2) is 0 Å². The second-order valence-corrected chi connectivity index (χ2v) is 13.6. The van der Waals surface area contributed by atoms with Crippen molar-refractivity contribution in [2.75, 3.05) is 19.7 Å². The van der Waals surface area contributed by atoms with Gasteiger partial charge in [-0.05, 0) is 34.8 Å². The van der Waals surface area contributed by atoms with Crippen LogP contribution in [0.4, 0.5) is 0 Å². The minimum atomic E-state index is -2.49. The summed E-state index contributed by atoms with van der Waals surface area (Å²) in [5.41, 5.74) is 0. The summed E-state index contributed by atoms with van der Waals surface area (Å²) in [6, 6.07) is 22.0. The lowest BCUT2D eigenvalue weighted by atomic mass is 9.83. The SMILES string of the molecule is CC(C)(C)[Si](OC[C@@H]1C[C@@H]2CCN1CC2=O)(c1ccccc1)c1ccccc1. The second kappa shape index (κ2) is 7.58. The van der Waals surface area contributed by atoms with Crippen LogP contribution in [0.5, 0.6) is 0 Å². The molecule has 3 fully saturated rings. The Morgan fingerprint density at radius 1 is 1.00 bits per heavy atom. The van der Waals surface area contributed by atoms with Gasteiger partial charge in [-0.2, -0.15) is 0 Å². The number of nitrogens with zero attached hydrogens (tertiary/aromatic N) is 1. The Kier molecular flexibility index (Phi) is 5.30. The summed E-state index contributed by atoms with van der Waals surface area (Å²) < 4.78 is 7.08. The highest BCUT2D eigenvalue weighted by Gasteiger charge is 2.51. The van der Waals surface area contributed by atoms with Crippen molar-refractivity contribution in [2.24, 2.45) is 5.92 Å². The zero-order valence-electron chi connectivity index (χ0n) is 17.2. The lowest BCUT2D eigenvalue weighted by molar-refractivity contribution is -0.134. The molecule has 0 aromatic heterocycles. The fraction of sp³-hybridized carbons (Fsp3) is 0.458. The summed E-state index contributed by atoms with van der Waals surface area (Å²) in [7, 11) is -2.49. The smallest absolute Gasteiger partial charge is 0.261 e. The standard InChI is InChI=1S/C24H31NO2Si/c1-24(2,3)28(21-10-6-4-7-11-21,22-12-8-5-9-13-22)27-18-20-16-19-14-15-25(20)17-23(19)26/h4-13,19-20H,14-18H2,1-3H3/t19-,20-/m0/s1. The zero-order chi connectivity index (χ0) is 19.8. The molecule has 2 bridgehead atoms. The van der Waals surface area contributed by atoms with Crippen molar-refractivity contribution < 1.29 is 9.22 Å². The number of ketones is 1. The van der Waals surface area contributed by atoms with Crippen LogP contribution in [0, 0.1) is 5.92 Å². The summed E-state index contributed by atoms with van der Waals surface area (Å²) in [4.78, 5) is 14.5. The average molecular weight is 394 g/mol. The van der Waals surface area contributed by atoms with Crippen LogP contribution in [-0.4, -0.2) is 44.7 Å². The molecule has 148 valence electrons. The summed E-state index contributed by atoms with van der Waals surface area (Å²) in [5.74, 6) is 0.672. The molecule has 3 aliphatic heterocycles. The van der Waals surface area contributed by atoms with E-state index in [1.54, 1.807) is 0 Å². The maximum Gasteiger partial charge on any atom is 0.261 e. The van der Waals surface area contributed by atoms with Crippen LogP contribution in [0.2, 0.25) is 5.04 Å². The molecule has 2 aromatic carbocycles. The van der Waals surface area contributed by atoms with E-state index in [0.29, 0.717) is 25.0 Å². The predicted octanol–water partition coefficient (Wildman–Crippen LogP) is 3.23. The van der Waals surface area contributed by atoms with Gasteiger partial charge in [-0.1, -0.05) is 81.4 Å². The molecule has 28 heavy (non-hydrogen) atoms. The van der Waals surface area contributed by atoms with E-state index < -0.39 is 8.32 Å². The van der Waals surface area contributed by atoms with Gasteiger partial charge in [0.15, 0.2) is 0 Å². The van der Waals surface area contributed by atoms with Gasteiger partial charge in [0.05, 0.1) is 13.2 Å². The van der Waals surface area contributed by atoms with E-state index in [-0.39, 0.29) is 11.0 Å². The van der Waals surface area contributed by atoms with Crippen LogP contribution in [0.1, 0.15) is 33.6 Å². The Morgan fingerprint density at radius 3 is 2.00 bits per heavy atom. The molecule has 4 heteroatoms. The highest BCUT2D eigenvalue weighted by Crippen LogP contribution is 2.38. The molecule has 3 heterocycles. The Hall–Kier alpha value is -1.75. The summed E-state index contributed by atoms with van der Waals surface area (Å²) in [6.07, 6.45) is 1.98. The Balaban J connectivity index is 1.70. The number of carbonyl (C=O) groups is 1. The molecule has 3 aliphatic rings. The van der Waals surface area contributed by atoms with Gasteiger partial charge in [0, 0.05) is 12.0 Å². The average Bonchev–Trinajstić information content (AvgIpc) is 2.70. The fourth-order valence-corrected chi connectivity index (χ4v) is 9.68. The fourth-order valence-electron chi connectivity index (χ4n) is 5.09. The largest absolute Gasteiger partial charge is 0.406 e. The number of benzene rings is 2. The monoisotopic (exact) mass is 393 g/mol. The molecule has 0 aliphatic carbocycles. The van der Waals surface area contributed by atoms with Crippen molar-refractivity contribution in [3.05, 3.63) is 60.7 Å². The van der Waals surface area contributed by atoms with E-state index in [1.165, 1.54) is 10.4 Å². The van der Waals surface area contributed by atoms with Crippen molar-refractivity contribution in [3.63, 3.8) is 0 Å². The van der Waals surface area contributed by atoms with Crippen molar-refractivity contribution in [1.29, 1.82) is 0 Å². The van der Waals surface area contributed by atoms with Gasteiger partial charge in [-0.3, -0.25) is 9.69 Å². The van der Waals surface area contributed by atoms with Gasteiger partial charge >= 0.3 is 0 Å². The van der Waals surface area contributed by atoms with Crippen LogP contribution in [-0.2, 0) is 9.22 Å². The number of piperidine rings is 3. The van der Waals surface area contributed by atoms with Gasteiger partial charge in [0.1, 0.15) is 5.78 Å². The molecule has 3 saturated heterocycles. The van der Waals surface area contributed by atoms with Gasteiger partial charge in [0.2, 0.25) is 0 Å². The number of rotatable bonds is 5. The van der Waals surface area contributed by atoms with Crippen LogP contribution >= 0.6 is 0 Å². The normalized spacial score (nSPS) is 25.1. The molecule has 0 amide bonds. The third kappa shape index (κ3) is 3.38. The van der Waals surface area contributed by atoms with E-state index >= 15 is 0 Å². The molecule has 1 unspecified atom stereocenters. The molecule has 0 N–H and O–H groups in total. The second-order valence-electron chi connectivity index (χ2n) is 9.29. The topological polar surface area (TPSA) is 29.5 Å². The van der Waals surface area contributed by atoms with Gasteiger partial charge < -0.3 is 4.43 Å². The molecule has 0 saturated carbocycles. The van der Waals surface area contributed by atoms with Crippen LogP contribution in [0.15, 0.2) is 60.7 Å². The van der Waals surface area contributed by atoms with Gasteiger partial charge in [-0.15, -0.1) is 0 Å². The summed E-state index contributed by atoms with van der Waals surface area (Å²) in [5, 5.41) is 2.63. The molecule has 3 nitrogen and oxygen atoms in total. The summed E-state index contributed by atoms with van der Waals surface area (Å²) in [6.45, 7) is 9.30. The number of carbonyl (C=O) groups excluding carboxylic acids is 1. The number of hydrogen-bond donors (Lipinski definition) is 0. The molecular formula is C24H31NO2Si. The van der Waals surface area contributed by atoms with Crippen LogP contribution in [0.3, 0.4) is 0 Å². The first kappa shape index (κ1) is 19.6. The van der Waals surface area contributed by atoms with Gasteiger partial charge in [0.25, 0.3) is 8.32 Å². The molecule has 2 aromatic rings. The first-order chi connectivity index (χ1) is 13.4. The quantitative estimate of drug-likeness (QED) is 0.731. The Bertz CT molecular complexity index is 776. The lowest BCUT2D eigenvalue weighted by Gasteiger charge is -2.48. The molecule has 0 radical (unpaired) electrons. The van der Waals surface area contributed by atoms with E-state index in [9.17, 15) is 4.79 Å². The Labute approximate surface area is 169 Å². The Morgan fingerprint density at radius 2 is 1.57 bits per heavy atom. The lowest BCUT2D eigenvalue weighted by Crippen LogP contribution is -2.68. The van der Waals surface area contributed by atoms with E-state index in [0.717, 1.165) is 19.4 Å². The third-order valence-electron chi connectivity index (χ3n) is 6.56. The zero-order valence-corrected chi connectivity index (χ0v) is 18.2. The number of fused-ring (bicyclic) bond motifs is 3. The van der Waals surface area contributed by atoms with Crippen molar-refractivity contribution in [2.45, 2.75) is 44.7 Å². The van der Waals surface area contributed by atoms with Crippen molar-refractivity contribution in [1.82, 2.24) is 4.90 Å². The van der Waals surface area contributed by atoms with Crippen molar-refractivity contribution in [3.8, 4) is 0 Å². The van der Waals surface area contributed by atoms with Crippen LogP contribution in [0.25, 0.3) is 0 Å². The van der Waals surface area contributed by atoms with E-state index in [4.69, 9.17) is 4.43 Å². The third-order valence-corrected chi connectivity index (χ3v) is 11.6. The maximum atomic E-state index is 12.1. The molecule has 5 rings (SSSR count).